The molecule has 0 aliphatic carbocycles. The zero-order valence-electron chi connectivity index (χ0n) is 18.0. The quantitative estimate of drug-likeness (QED) is 0.465. The Kier molecular flexibility index (Phi) is 5.57. The minimum atomic E-state index is -0.103. The van der Waals surface area contributed by atoms with E-state index in [-0.39, 0.29) is 5.91 Å². The molecule has 5 rings (SSSR count). The fourth-order valence-electron chi connectivity index (χ4n) is 4.48. The van der Waals surface area contributed by atoms with Crippen LogP contribution < -0.4 is 10.2 Å². The van der Waals surface area contributed by atoms with Gasteiger partial charge in [-0.15, -0.1) is 11.3 Å². The van der Waals surface area contributed by atoms with E-state index in [1.165, 1.54) is 22.6 Å². The fraction of sp³-hybridized carbons (Fsp3) is 0.280. The van der Waals surface area contributed by atoms with Crippen molar-refractivity contribution in [1.82, 2.24) is 14.7 Å². The predicted octanol–water partition coefficient (Wildman–Crippen LogP) is 4.72. The molecule has 2 aromatic heterocycles. The standard InChI is InChI=1S/C25H26N4O2S/c1-17-23(29-14-15-32-25(29)27-17)24(31)26-16-18-2-6-21(7-3-18)28-12-10-20(11-13-28)19-4-8-22(30)9-5-19/h2-9,14-15,20,30H,10-13,16H2,1H3,(H,26,31). The second kappa shape index (κ2) is 8.67. The summed E-state index contributed by atoms with van der Waals surface area (Å²) in [6.45, 7) is 4.38. The lowest BCUT2D eigenvalue weighted by Crippen LogP contribution is -2.32. The minimum Gasteiger partial charge on any atom is -0.508 e. The maximum Gasteiger partial charge on any atom is 0.270 e. The molecule has 7 heteroatoms. The number of aromatic hydroxyl groups is 1. The summed E-state index contributed by atoms with van der Waals surface area (Å²) in [4.78, 5) is 20.4. The number of piperidine rings is 1. The molecule has 0 radical (unpaired) electrons. The molecule has 1 amide bonds. The normalized spacial score (nSPS) is 14.7. The Morgan fingerprint density at radius 3 is 2.56 bits per heavy atom. The lowest BCUT2D eigenvalue weighted by molar-refractivity contribution is 0.0944. The van der Waals surface area contributed by atoms with Gasteiger partial charge in [0.1, 0.15) is 11.4 Å². The fourth-order valence-corrected chi connectivity index (χ4v) is 5.24. The maximum absolute atomic E-state index is 12.7. The number of phenols is 1. The van der Waals surface area contributed by atoms with Gasteiger partial charge in [0.05, 0.1) is 5.69 Å². The van der Waals surface area contributed by atoms with Crippen LogP contribution in [0, 0.1) is 6.92 Å². The molecule has 1 saturated heterocycles. The van der Waals surface area contributed by atoms with Gasteiger partial charge in [-0.2, -0.15) is 0 Å². The van der Waals surface area contributed by atoms with Crippen molar-refractivity contribution in [2.45, 2.75) is 32.2 Å². The predicted molar refractivity (Wildman–Crippen MR) is 128 cm³/mol. The average Bonchev–Trinajstić information content (AvgIpc) is 3.38. The second-order valence-electron chi connectivity index (χ2n) is 8.30. The van der Waals surface area contributed by atoms with Gasteiger partial charge in [0, 0.05) is 36.9 Å². The van der Waals surface area contributed by atoms with E-state index in [1.54, 1.807) is 12.1 Å². The first-order valence-corrected chi connectivity index (χ1v) is 11.8. The van der Waals surface area contributed by atoms with Gasteiger partial charge < -0.3 is 15.3 Å². The molecule has 0 saturated carbocycles. The number of carbonyl (C=O) groups excluding carboxylic acids is 1. The summed E-state index contributed by atoms with van der Waals surface area (Å²) >= 11 is 1.53. The topological polar surface area (TPSA) is 69.9 Å². The Bertz CT molecular complexity index is 1220. The van der Waals surface area contributed by atoms with Gasteiger partial charge in [-0.3, -0.25) is 9.20 Å². The smallest absolute Gasteiger partial charge is 0.270 e. The van der Waals surface area contributed by atoms with Crippen molar-refractivity contribution in [2.24, 2.45) is 0 Å². The highest BCUT2D eigenvalue weighted by Gasteiger charge is 2.21. The number of aromatic nitrogens is 2. The van der Waals surface area contributed by atoms with Crippen LogP contribution in [0.2, 0.25) is 0 Å². The van der Waals surface area contributed by atoms with E-state index >= 15 is 0 Å². The van der Waals surface area contributed by atoms with E-state index in [2.05, 4.69) is 39.5 Å². The highest BCUT2D eigenvalue weighted by atomic mass is 32.1. The minimum absolute atomic E-state index is 0.103. The molecule has 0 spiro atoms. The van der Waals surface area contributed by atoms with Crippen LogP contribution in [0.3, 0.4) is 0 Å². The number of fused-ring (bicyclic) bond motifs is 1. The van der Waals surface area contributed by atoms with Crippen LogP contribution in [0.1, 0.15) is 46.1 Å². The molecular formula is C25H26N4O2S. The van der Waals surface area contributed by atoms with E-state index < -0.39 is 0 Å². The summed E-state index contributed by atoms with van der Waals surface area (Å²) in [5.41, 5.74) is 4.96. The summed E-state index contributed by atoms with van der Waals surface area (Å²) in [5, 5.41) is 14.5. The molecule has 0 unspecified atom stereocenters. The number of imidazole rings is 1. The van der Waals surface area contributed by atoms with E-state index in [0.29, 0.717) is 23.9 Å². The highest BCUT2D eigenvalue weighted by Crippen LogP contribution is 2.31. The first-order chi connectivity index (χ1) is 15.6. The van der Waals surface area contributed by atoms with Crippen molar-refractivity contribution in [3.8, 4) is 5.75 Å². The molecule has 2 aromatic carbocycles. The van der Waals surface area contributed by atoms with Crippen LogP contribution in [0.25, 0.3) is 4.96 Å². The van der Waals surface area contributed by atoms with Crippen molar-refractivity contribution in [2.75, 3.05) is 18.0 Å². The lowest BCUT2D eigenvalue weighted by Gasteiger charge is -2.34. The first-order valence-electron chi connectivity index (χ1n) is 10.9. The maximum atomic E-state index is 12.7. The molecule has 1 aliphatic heterocycles. The number of phenolic OH excluding ortho intramolecular Hbond substituents is 1. The number of amides is 1. The van der Waals surface area contributed by atoms with Gasteiger partial charge in [-0.1, -0.05) is 24.3 Å². The Morgan fingerprint density at radius 1 is 1.12 bits per heavy atom. The van der Waals surface area contributed by atoms with Gasteiger partial charge in [-0.25, -0.2) is 4.98 Å². The number of rotatable bonds is 5. The first kappa shape index (κ1) is 20.6. The van der Waals surface area contributed by atoms with E-state index in [0.717, 1.165) is 42.1 Å². The Labute approximate surface area is 191 Å². The monoisotopic (exact) mass is 446 g/mol. The number of aryl methyl sites for hydroxylation is 1. The van der Waals surface area contributed by atoms with Crippen LogP contribution >= 0.6 is 11.3 Å². The summed E-state index contributed by atoms with van der Waals surface area (Å²) in [6.07, 6.45) is 4.09. The van der Waals surface area contributed by atoms with Gasteiger partial charge in [0.25, 0.3) is 5.91 Å². The number of thiazole rings is 1. The van der Waals surface area contributed by atoms with Crippen LogP contribution in [0.5, 0.6) is 5.75 Å². The molecule has 4 aromatic rings. The number of hydrogen-bond acceptors (Lipinski definition) is 5. The number of carbonyl (C=O) groups is 1. The molecule has 1 aliphatic rings. The highest BCUT2D eigenvalue weighted by molar-refractivity contribution is 7.15. The third-order valence-electron chi connectivity index (χ3n) is 6.27. The molecular weight excluding hydrogens is 420 g/mol. The van der Waals surface area contributed by atoms with Crippen molar-refractivity contribution in [1.29, 1.82) is 0 Å². The Morgan fingerprint density at radius 2 is 1.84 bits per heavy atom. The van der Waals surface area contributed by atoms with Gasteiger partial charge in [0.2, 0.25) is 0 Å². The van der Waals surface area contributed by atoms with E-state index in [4.69, 9.17) is 0 Å². The van der Waals surface area contributed by atoms with Gasteiger partial charge in [-0.05, 0) is 61.1 Å². The summed E-state index contributed by atoms with van der Waals surface area (Å²) in [7, 11) is 0. The third kappa shape index (κ3) is 4.08. The molecule has 2 N–H and O–H groups in total. The van der Waals surface area contributed by atoms with Crippen molar-refractivity contribution in [3.05, 3.63) is 82.6 Å². The largest absolute Gasteiger partial charge is 0.508 e. The molecule has 164 valence electrons. The summed E-state index contributed by atoms with van der Waals surface area (Å²) < 4.78 is 1.85. The van der Waals surface area contributed by atoms with Gasteiger partial charge in [0.15, 0.2) is 4.96 Å². The third-order valence-corrected chi connectivity index (χ3v) is 7.02. The second-order valence-corrected chi connectivity index (χ2v) is 9.18. The summed E-state index contributed by atoms with van der Waals surface area (Å²) in [6, 6.07) is 16.1. The molecule has 0 bridgehead atoms. The number of anilines is 1. The van der Waals surface area contributed by atoms with Gasteiger partial charge >= 0.3 is 0 Å². The molecule has 3 heterocycles. The summed E-state index contributed by atoms with van der Waals surface area (Å²) in [5.74, 6) is 0.763. The Hall–Kier alpha value is -3.32. The van der Waals surface area contributed by atoms with E-state index in [1.807, 2.05) is 35.0 Å². The van der Waals surface area contributed by atoms with Crippen molar-refractivity contribution < 1.29 is 9.90 Å². The molecule has 32 heavy (non-hydrogen) atoms. The van der Waals surface area contributed by atoms with E-state index in [9.17, 15) is 9.90 Å². The van der Waals surface area contributed by atoms with Crippen molar-refractivity contribution >= 4 is 27.9 Å². The molecule has 1 fully saturated rings. The number of nitrogens with one attached hydrogen (secondary N) is 1. The number of nitrogens with zero attached hydrogens (tertiary/aromatic N) is 3. The van der Waals surface area contributed by atoms with Crippen LogP contribution in [0.4, 0.5) is 5.69 Å². The SMILES string of the molecule is Cc1nc2sccn2c1C(=O)NCc1ccc(N2CCC(c3ccc(O)cc3)CC2)cc1. The zero-order chi connectivity index (χ0) is 22.1. The molecule has 6 nitrogen and oxygen atoms in total. The number of hydrogen-bond donors (Lipinski definition) is 2. The average molecular weight is 447 g/mol. The van der Waals surface area contributed by atoms with Crippen LogP contribution in [0.15, 0.2) is 60.1 Å². The van der Waals surface area contributed by atoms with Crippen LogP contribution in [-0.2, 0) is 6.54 Å². The lowest BCUT2D eigenvalue weighted by atomic mass is 9.89. The Balaban J connectivity index is 1.17. The van der Waals surface area contributed by atoms with Crippen molar-refractivity contribution in [3.63, 3.8) is 0 Å². The molecule has 0 atom stereocenters. The van der Waals surface area contributed by atoms with Crippen LogP contribution in [-0.4, -0.2) is 33.5 Å². The number of benzene rings is 2. The zero-order valence-corrected chi connectivity index (χ0v) is 18.8.